The zero-order valence-electron chi connectivity index (χ0n) is 24.9. The van der Waals surface area contributed by atoms with Gasteiger partial charge in [0.25, 0.3) is 11.9 Å². The van der Waals surface area contributed by atoms with Crippen molar-refractivity contribution in [3.05, 3.63) is 54.2 Å². The lowest BCUT2D eigenvalue weighted by Crippen LogP contribution is -2.58. The second kappa shape index (κ2) is 16.4. The lowest BCUT2D eigenvalue weighted by Gasteiger charge is -2.27. The molecule has 232 valence electrons. The summed E-state index contributed by atoms with van der Waals surface area (Å²) in [6.07, 6.45) is -2.41. The highest BCUT2D eigenvalue weighted by Gasteiger charge is 2.38. The van der Waals surface area contributed by atoms with Crippen molar-refractivity contribution in [1.82, 2.24) is 20.5 Å². The van der Waals surface area contributed by atoms with Crippen LogP contribution in [0.2, 0.25) is 0 Å². The predicted octanol–water partition coefficient (Wildman–Crippen LogP) is 0.891. The fraction of sp³-hybridized carbons (Fsp3) is 0.448. The molecule has 1 heterocycles. The molecule has 0 fully saturated rings. The minimum Gasteiger partial charge on any atom is -0.508 e. The number of carbonyl (C=O) groups excluding carboxylic acids is 4. The van der Waals surface area contributed by atoms with Crippen molar-refractivity contribution >= 4 is 36.8 Å². The molecule has 0 spiro atoms. The Hall–Kier alpha value is -4.30. The number of hydrogen-bond donors (Lipinski definition) is 5. The second-order valence-corrected chi connectivity index (χ2v) is 10.8. The van der Waals surface area contributed by atoms with Gasteiger partial charge in [0.1, 0.15) is 11.7 Å². The number of hydrogen-bond acceptors (Lipinski definition) is 9. The lowest BCUT2D eigenvalue weighted by atomic mass is 9.74. The minimum atomic E-state index is -1.92. The van der Waals surface area contributed by atoms with Crippen molar-refractivity contribution in [1.29, 1.82) is 0 Å². The predicted molar refractivity (Wildman–Crippen MR) is 157 cm³/mol. The van der Waals surface area contributed by atoms with Crippen LogP contribution in [0.4, 0.5) is 0 Å². The van der Waals surface area contributed by atoms with Crippen LogP contribution in [0.15, 0.2) is 48.5 Å². The van der Waals surface area contributed by atoms with Crippen LogP contribution in [-0.2, 0) is 23.8 Å². The molecule has 1 aromatic heterocycles. The Kier molecular flexibility index (Phi) is 13.3. The minimum absolute atomic E-state index is 0.00393. The third kappa shape index (κ3) is 11.1. The molecule has 2 aromatic rings. The van der Waals surface area contributed by atoms with E-state index >= 15 is 0 Å². The molecule has 1 aromatic carbocycles. The van der Waals surface area contributed by atoms with Crippen LogP contribution in [0.5, 0.6) is 0 Å². The van der Waals surface area contributed by atoms with Crippen LogP contribution in [0.3, 0.4) is 0 Å². The van der Waals surface area contributed by atoms with Crippen molar-refractivity contribution in [2.45, 2.75) is 58.1 Å². The molecule has 0 aliphatic carbocycles. The van der Waals surface area contributed by atoms with E-state index < -0.39 is 73.6 Å². The number of amides is 3. The molecule has 1 unspecified atom stereocenters. The van der Waals surface area contributed by atoms with Gasteiger partial charge >= 0.3 is 13.1 Å². The number of rotatable bonds is 15. The average molecular weight is 598 g/mol. The van der Waals surface area contributed by atoms with Gasteiger partial charge in [0, 0.05) is 26.1 Å². The highest BCUT2D eigenvalue weighted by atomic mass is 16.6. The maximum atomic E-state index is 13.2. The molecule has 0 radical (unpaired) electrons. The van der Waals surface area contributed by atoms with E-state index in [1.54, 1.807) is 26.0 Å². The third-order valence-electron chi connectivity index (χ3n) is 6.41. The first-order valence-corrected chi connectivity index (χ1v) is 13.8. The molecule has 3 amide bonds. The molecular formula is C29H39BN4O9. The summed E-state index contributed by atoms with van der Waals surface area (Å²) in [7, 11) is 0.975. The Morgan fingerprint density at radius 1 is 0.953 bits per heavy atom. The SMILES string of the molecule is CC(C)C[C@H](NC(=O)[C@@H](NC(=O)c1cccc(-c2ccccc2)n1)[C@@H](C)O)B(O)OC(=O)C(CC(=O)O)CC(=O)N(C)C. The van der Waals surface area contributed by atoms with Gasteiger partial charge < -0.3 is 35.4 Å². The Labute approximate surface area is 250 Å². The van der Waals surface area contributed by atoms with E-state index in [-0.39, 0.29) is 18.0 Å². The quantitative estimate of drug-likeness (QED) is 0.184. The van der Waals surface area contributed by atoms with E-state index in [1.807, 2.05) is 30.3 Å². The molecule has 0 aliphatic heterocycles. The van der Waals surface area contributed by atoms with Gasteiger partial charge in [-0.25, -0.2) is 4.98 Å². The number of nitrogens with zero attached hydrogens (tertiary/aromatic N) is 2. The fourth-order valence-corrected chi connectivity index (χ4v) is 4.12. The summed E-state index contributed by atoms with van der Waals surface area (Å²) in [5.74, 6) is -7.25. The summed E-state index contributed by atoms with van der Waals surface area (Å²) in [6.45, 7) is 4.87. The van der Waals surface area contributed by atoms with Crippen molar-refractivity contribution in [2.75, 3.05) is 14.1 Å². The number of nitrogens with one attached hydrogen (secondary N) is 2. The summed E-state index contributed by atoms with van der Waals surface area (Å²) in [6, 6.07) is 12.5. The van der Waals surface area contributed by atoms with Gasteiger partial charge in [-0.15, -0.1) is 0 Å². The second-order valence-electron chi connectivity index (χ2n) is 10.8. The van der Waals surface area contributed by atoms with Crippen LogP contribution in [-0.4, -0.2) is 94.1 Å². The summed E-state index contributed by atoms with van der Waals surface area (Å²) in [4.78, 5) is 68.0. The van der Waals surface area contributed by atoms with Crippen LogP contribution in [0.25, 0.3) is 11.3 Å². The Morgan fingerprint density at radius 3 is 2.16 bits per heavy atom. The molecule has 2 rings (SSSR count). The number of aliphatic carboxylic acids is 1. The van der Waals surface area contributed by atoms with E-state index in [4.69, 9.17) is 4.65 Å². The van der Waals surface area contributed by atoms with E-state index in [2.05, 4.69) is 15.6 Å². The number of carboxylic acids is 1. The first-order valence-electron chi connectivity index (χ1n) is 13.8. The van der Waals surface area contributed by atoms with Gasteiger partial charge in [-0.05, 0) is 31.4 Å². The molecule has 5 N–H and O–H groups in total. The summed E-state index contributed by atoms with van der Waals surface area (Å²) < 4.78 is 5.11. The van der Waals surface area contributed by atoms with Crippen molar-refractivity contribution in [3.8, 4) is 11.3 Å². The monoisotopic (exact) mass is 598 g/mol. The molecule has 0 saturated heterocycles. The van der Waals surface area contributed by atoms with E-state index in [0.717, 1.165) is 5.56 Å². The number of aliphatic hydroxyl groups excluding tert-OH is 1. The maximum Gasteiger partial charge on any atom is 0.548 e. The Morgan fingerprint density at radius 2 is 1.60 bits per heavy atom. The Bertz CT molecular complexity index is 1270. The summed E-state index contributed by atoms with van der Waals surface area (Å²) in [5.41, 5.74) is 1.31. The van der Waals surface area contributed by atoms with Crippen LogP contribution < -0.4 is 10.6 Å². The smallest absolute Gasteiger partial charge is 0.508 e. The molecule has 0 bridgehead atoms. The highest BCUT2D eigenvalue weighted by Crippen LogP contribution is 2.18. The van der Waals surface area contributed by atoms with E-state index in [0.29, 0.717) is 5.69 Å². The van der Waals surface area contributed by atoms with Gasteiger partial charge in [-0.2, -0.15) is 0 Å². The Balaban J connectivity index is 2.18. The van der Waals surface area contributed by atoms with Crippen LogP contribution >= 0.6 is 0 Å². The van der Waals surface area contributed by atoms with Crippen LogP contribution in [0.1, 0.15) is 50.5 Å². The van der Waals surface area contributed by atoms with Crippen molar-refractivity contribution < 1.29 is 43.9 Å². The third-order valence-corrected chi connectivity index (χ3v) is 6.41. The summed E-state index contributed by atoms with van der Waals surface area (Å²) in [5, 5.41) is 35.3. The highest BCUT2D eigenvalue weighted by molar-refractivity contribution is 6.47. The molecule has 13 nitrogen and oxygen atoms in total. The number of aliphatic hydroxyl groups is 1. The molecule has 14 heteroatoms. The fourth-order valence-electron chi connectivity index (χ4n) is 4.12. The van der Waals surface area contributed by atoms with Crippen molar-refractivity contribution in [2.24, 2.45) is 11.8 Å². The van der Waals surface area contributed by atoms with E-state index in [9.17, 15) is 39.2 Å². The first-order chi connectivity index (χ1) is 20.2. The van der Waals surface area contributed by atoms with Gasteiger partial charge in [0.15, 0.2) is 0 Å². The first kappa shape index (κ1) is 34.9. The topological polar surface area (TPSA) is 195 Å². The molecule has 4 atom stereocenters. The van der Waals surface area contributed by atoms with Gasteiger partial charge in [-0.1, -0.05) is 50.2 Å². The number of pyridine rings is 1. The average Bonchev–Trinajstić information content (AvgIpc) is 2.94. The molecule has 43 heavy (non-hydrogen) atoms. The van der Waals surface area contributed by atoms with Gasteiger partial charge in [0.2, 0.25) is 11.8 Å². The molecule has 0 saturated carbocycles. The standard InChI is InChI=1S/C29H39BN4O9/c1-17(2)14-23(30(42)43-29(41)20(16-25(37)38)15-24(36)34(4)5)32-28(40)26(18(3)35)33-27(39)22-13-9-12-21(31-22)19-10-7-6-8-11-19/h6-13,17-18,20,23,26,35,42H,14-16H2,1-5H3,(H,32,40)(H,33,39)(H,37,38)/t18-,20?,23+,26+/m1/s1. The number of carboxylic acid groups (broad SMARTS) is 1. The number of carbonyl (C=O) groups is 5. The summed E-state index contributed by atoms with van der Waals surface area (Å²) >= 11 is 0. The van der Waals surface area contributed by atoms with Crippen molar-refractivity contribution in [3.63, 3.8) is 0 Å². The zero-order chi connectivity index (χ0) is 32.3. The molecular weight excluding hydrogens is 559 g/mol. The van der Waals surface area contributed by atoms with E-state index in [1.165, 1.54) is 32.0 Å². The largest absolute Gasteiger partial charge is 0.548 e. The normalized spacial score (nSPS) is 13.7. The van der Waals surface area contributed by atoms with Crippen LogP contribution in [0, 0.1) is 11.8 Å². The number of aromatic nitrogens is 1. The maximum absolute atomic E-state index is 13.2. The van der Waals surface area contributed by atoms with Gasteiger partial charge in [-0.3, -0.25) is 24.0 Å². The van der Waals surface area contributed by atoms with Gasteiger partial charge in [0.05, 0.1) is 30.1 Å². The number of benzene rings is 1. The lowest BCUT2D eigenvalue weighted by molar-refractivity contribution is -0.149. The zero-order valence-corrected chi connectivity index (χ0v) is 24.9. The molecule has 0 aliphatic rings.